The number of esters is 1. The fourth-order valence-electron chi connectivity index (χ4n) is 2.48. The Kier molecular flexibility index (Phi) is 3.16. The predicted octanol–water partition coefficient (Wildman–Crippen LogP) is 1.85. The van der Waals surface area contributed by atoms with Gasteiger partial charge in [0.05, 0.1) is 18.2 Å². The van der Waals surface area contributed by atoms with Crippen molar-refractivity contribution in [3.05, 3.63) is 34.9 Å². The van der Waals surface area contributed by atoms with Crippen LogP contribution in [-0.2, 0) is 4.74 Å². The van der Waals surface area contributed by atoms with E-state index in [1.165, 1.54) is 7.11 Å². The Morgan fingerprint density at radius 3 is 3.16 bits per heavy atom. The van der Waals surface area contributed by atoms with Gasteiger partial charge < -0.3 is 14.5 Å². The molecule has 1 unspecified atom stereocenters. The van der Waals surface area contributed by atoms with Gasteiger partial charge in [0.1, 0.15) is 5.82 Å². The van der Waals surface area contributed by atoms with Crippen molar-refractivity contribution in [3.63, 3.8) is 0 Å². The van der Waals surface area contributed by atoms with E-state index in [2.05, 4.69) is 10.3 Å². The smallest absolute Gasteiger partial charge is 0.337 e. The molecule has 1 N–H and O–H groups in total. The summed E-state index contributed by atoms with van der Waals surface area (Å²) in [5, 5.41) is 3.74. The number of hydrogen-bond donors (Lipinski definition) is 1. The first-order valence-electron chi connectivity index (χ1n) is 6.17. The van der Waals surface area contributed by atoms with Crippen LogP contribution in [0.3, 0.4) is 0 Å². The van der Waals surface area contributed by atoms with Gasteiger partial charge in [0.2, 0.25) is 0 Å². The summed E-state index contributed by atoms with van der Waals surface area (Å²) in [5.74, 6) is 0.939. The maximum absolute atomic E-state index is 11.5. The fourth-order valence-corrected chi connectivity index (χ4v) is 2.71. The monoisotopic (exact) mass is 279 g/mol. The molecular weight excluding hydrogens is 266 g/mol. The molecule has 0 saturated carbocycles. The van der Waals surface area contributed by atoms with Crippen LogP contribution in [0.1, 0.15) is 28.5 Å². The lowest BCUT2D eigenvalue weighted by atomic mass is 10.1. The lowest BCUT2D eigenvalue weighted by molar-refractivity contribution is 0.0600. The van der Waals surface area contributed by atoms with Crippen molar-refractivity contribution in [1.29, 1.82) is 0 Å². The van der Waals surface area contributed by atoms with E-state index in [1.807, 2.05) is 10.6 Å². The Balaban J connectivity index is 2.09. The molecule has 1 fully saturated rings. The molecule has 0 aliphatic carbocycles. The number of aromatic nitrogens is 2. The Hall–Kier alpha value is -1.59. The molecule has 6 heteroatoms. The van der Waals surface area contributed by atoms with E-state index < -0.39 is 0 Å². The largest absolute Gasteiger partial charge is 0.465 e. The molecular formula is C13H14ClN3O2. The van der Waals surface area contributed by atoms with E-state index in [-0.39, 0.29) is 5.97 Å². The number of pyridine rings is 1. The number of hydrogen-bond acceptors (Lipinski definition) is 4. The molecule has 1 aliphatic heterocycles. The quantitative estimate of drug-likeness (QED) is 0.853. The minimum atomic E-state index is -0.371. The van der Waals surface area contributed by atoms with Crippen molar-refractivity contribution in [2.24, 2.45) is 0 Å². The van der Waals surface area contributed by atoms with Crippen LogP contribution in [0.15, 0.2) is 18.3 Å². The lowest BCUT2D eigenvalue weighted by Gasteiger charge is -2.07. The number of fused-ring (bicyclic) bond motifs is 1. The van der Waals surface area contributed by atoms with E-state index >= 15 is 0 Å². The molecule has 0 aromatic carbocycles. The third-order valence-corrected chi connectivity index (χ3v) is 3.75. The van der Waals surface area contributed by atoms with Gasteiger partial charge in [0.25, 0.3) is 0 Å². The van der Waals surface area contributed by atoms with Crippen molar-refractivity contribution < 1.29 is 9.53 Å². The van der Waals surface area contributed by atoms with E-state index in [0.29, 0.717) is 16.6 Å². The second kappa shape index (κ2) is 4.83. The topological polar surface area (TPSA) is 55.6 Å². The van der Waals surface area contributed by atoms with Crippen molar-refractivity contribution in [2.75, 3.05) is 20.2 Å². The maximum atomic E-state index is 11.5. The first kappa shape index (κ1) is 12.4. The molecule has 0 amide bonds. The van der Waals surface area contributed by atoms with Crippen LogP contribution in [0, 0.1) is 0 Å². The molecule has 3 rings (SSSR count). The number of ether oxygens (including phenoxy) is 1. The SMILES string of the molecule is COC(=O)c1ccn2c(C3CCNC3)nc(Cl)c2c1. The van der Waals surface area contributed by atoms with Gasteiger partial charge in [-0.1, -0.05) is 11.6 Å². The third kappa shape index (κ3) is 2.09. The van der Waals surface area contributed by atoms with Gasteiger partial charge in [0, 0.05) is 18.7 Å². The van der Waals surface area contributed by atoms with Crippen molar-refractivity contribution >= 4 is 23.1 Å². The van der Waals surface area contributed by atoms with Gasteiger partial charge >= 0.3 is 5.97 Å². The highest BCUT2D eigenvalue weighted by atomic mass is 35.5. The van der Waals surface area contributed by atoms with Crippen molar-refractivity contribution in [3.8, 4) is 0 Å². The summed E-state index contributed by atoms with van der Waals surface area (Å²) < 4.78 is 6.66. The van der Waals surface area contributed by atoms with Gasteiger partial charge in [0.15, 0.2) is 5.15 Å². The number of nitrogens with one attached hydrogen (secondary N) is 1. The summed E-state index contributed by atoms with van der Waals surface area (Å²) in [7, 11) is 1.36. The Morgan fingerprint density at radius 1 is 1.63 bits per heavy atom. The molecule has 2 aromatic heterocycles. The average Bonchev–Trinajstić information content (AvgIpc) is 3.06. The molecule has 0 radical (unpaired) electrons. The number of rotatable bonds is 2. The van der Waals surface area contributed by atoms with Gasteiger partial charge in [-0.05, 0) is 25.1 Å². The molecule has 1 aliphatic rings. The second-order valence-electron chi connectivity index (χ2n) is 4.61. The molecule has 0 spiro atoms. The Bertz CT molecular complexity index is 632. The summed E-state index contributed by atoms with van der Waals surface area (Å²) in [6, 6.07) is 3.44. The highest BCUT2D eigenvalue weighted by Crippen LogP contribution is 2.27. The summed E-state index contributed by atoms with van der Waals surface area (Å²) in [4.78, 5) is 16.0. The zero-order chi connectivity index (χ0) is 13.4. The third-order valence-electron chi connectivity index (χ3n) is 3.47. The summed E-state index contributed by atoms with van der Waals surface area (Å²) >= 11 is 6.17. The molecule has 5 nitrogen and oxygen atoms in total. The number of halogens is 1. The number of nitrogens with zero attached hydrogens (tertiary/aromatic N) is 2. The van der Waals surface area contributed by atoms with E-state index in [9.17, 15) is 4.79 Å². The lowest BCUT2D eigenvalue weighted by Crippen LogP contribution is -2.10. The first-order valence-corrected chi connectivity index (χ1v) is 6.55. The van der Waals surface area contributed by atoms with Gasteiger partial charge in [-0.25, -0.2) is 9.78 Å². The maximum Gasteiger partial charge on any atom is 0.337 e. The normalized spacial score (nSPS) is 18.9. The van der Waals surface area contributed by atoms with E-state index in [0.717, 1.165) is 30.9 Å². The second-order valence-corrected chi connectivity index (χ2v) is 4.97. The van der Waals surface area contributed by atoms with E-state index in [1.54, 1.807) is 12.1 Å². The highest BCUT2D eigenvalue weighted by molar-refractivity contribution is 6.32. The standard InChI is InChI=1S/C13H14ClN3O2/c1-19-13(18)8-3-5-17-10(6-8)11(14)16-12(17)9-2-4-15-7-9/h3,5-6,9,15H,2,4,7H2,1H3. The number of carbonyl (C=O) groups is 1. The Morgan fingerprint density at radius 2 is 2.47 bits per heavy atom. The average molecular weight is 280 g/mol. The zero-order valence-electron chi connectivity index (χ0n) is 10.5. The first-order chi connectivity index (χ1) is 9.20. The van der Waals surface area contributed by atoms with Crippen LogP contribution in [-0.4, -0.2) is 35.6 Å². The van der Waals surface area contributed by atoms with Crippen LogP contribution in [0.4, 0.5) is 0 Å². The summed E-state index contributed by atoms with van der Waals surface area (Å²) in [5.41, 5.74) is 1.22. The fraction of sp³-hybridized carbons (Fsp3) is 0.385. The van der Waals surface area contributed by atoms with Crippen LogP contribution in [0.25, 0.3) is 5.52 Å². The molecule has 100 valence electrons. The summed E-state index contributed by atoms with van der Waals surface area (Å²) in [6.07, 6.45) is 2.88. The van der Waals surface area contributed by atoms with Crippen LogP contribution in [0.2, 0.25) is 5.15 Å². The number of methoxy groups -OCH3 is 1. The van der Waals surface area contributed by atoms with Gasteiger partial charge in [-0.3, -0.25) is 0 Å². The van der Waals surface area contributed by atoms with Crippen LogP contribution < -0.4 is 5.32 Å². The minimum absolute atomic E-state index is 0.365. The van der Waals surface area contributed by atoms with Crippen LogP contribution in [0.5, 0.6) is 0 Å². The van der Waals surface area contributed by atoms with Gasteiger partial charge in [-0.2, -0.15) is 0 Å². The summed E-state index contributed by atoms with van der Waals surface area (Å²) in [6.45, 7) is 1.91. The van der Waals surface area contributed by atoms with E-state index in [4.69, 9.17) is 16.3 Å². The zero-order valence-corrected chi connectivity index (χ0v) is 11.3. The molecule has 2 aromatic rings. The minimum Gasteiger partial charge on any atom is -0.465 e. The van der Waals surface area contributed by atoms with Crippen molar-refractivity contribution in [2.45, 2.75) is 12.3 Å². The number of carbonyl (C=O) groups excluding carboxylic acids is 1. The highest BCUT2D eigenvalue weighted by Gasteiger charge is 2.23. The van der Waals surface area contributed by atoms with Gasteiger partial charge in [-0.15, -0.1) is 0 Å². The molecule has 19 heavy (non-hydrogen) atoms. The Labute approximate surface area is 115 Å². The molecule has 1 atom stereocenters. The van der Waals surface area contributed by atoms with Crippen molar-refractivity contribution in [1.82, 2.24) is 14.7 Å². The van der Waals surface area contributed by atoms with Crippen LogP contribution >= 0.6 is 11.6 Å². The molecule has 0 bridgehead atoms. The molecule has 1 saturated heterocycles. The number of imidazole rings is 1. The predicted molar refractivity (Wildman–Crippen MR) is 71.8 cm³/mol. The molecule has 3 heterocycles.